The van der Waals surface area contributed by atoms with E-state index in [9.17, 15) is 14.4 Å². The predicted octanol–water partition coefficient (Wildman–Crippen LogP) is 6.56. The molecular formula is C24H15BrClNO4S. The van der Waals surface area contributed by atoms with E-state index in [2.05, 4.69) is 15.9 Å². The summed E-state index contributed by atoms with van der Waals surface area (Å²) in [4.78, 5) is 38.8. The molecule has 2 amide bonds. The van der Waals surface area contributed by atoms with Gasteiger partial charge in [0.15, 0.2) is 0 Å². The highest BCUT2D eigenvalue weighted by Crippen LogP contribution is 2.34. The molecule has 1 heterocycles. The first-order valence-corrected chi connectivity index (χ1v) is 11.5. The van der Waals surface area contributed by atoms with E-state index in [4.69, 9.17) is 16.3 Å². The number of benzene rings is 3. The molecule has 0 unspecified atom stereocenters. The van der Waals surface area contributed by atoms with Crippen LogP contribution in [0.3, 0.4) is 0 Å². The normalized spacial score (nSPS) is 14.8. The Bertz CT molecular complexity index is 1240. The van der Waals surface area contributed by atoms with Crippen LogP contribution in [-0.2, 0) is 11.3 Å². The second-order valence-electron chi connectivity index (χ2n) is 6.83. The van der Waals surface area contributed by atoms with Crippen LogP contribution in [0.4, 0.5) is 4.79 Å². The Labute approximate surface area is 202 Å². The van der Waals surface area contributed by atoms with Gasteiger partial charge < -0.3 is 4.74 Å². The van der Waals surface area contributed by atoms with Crippen LogP contribution in [-0.4, -0.2) is 22.0 Å². The molecule has 0 saturated carbocycles. The van der Waals surface area contributed by atoms with Gasteiger partial charge in [0.2, 0.25) is 0 Å². The van der Waals surface area contributed by atoms with Gasteiger partial charge in [-0.25, -0.2) is 4.79 Å². The highest BCUT2D eigenvalue weighted by molar-refractivity contribution is 9.10. The first-order valence-electron chi connectivity index (χ1n) is 9.47. The molecule has 5 nitrogen and oxygen atoms in total. The average molecular weight is 529 g/mol. The molecule has 0 atom stereocenters. The lowest BCUT2D eigenvalue weighted by Gasteiger charge is -2.13. The minimum absolute atomic E-state index is 0.117. The number of halogens is 2. The maximum atomic E-state index is 12.7. The third-order valence-corrected chi connectivity index (χ3v) is 6.38. The Morgan fingerprint density at radius 2 is 1.78 bits per heavy atom. The summed E-state index contributed by atoms with van der Waals surface area (Å²) in [6.07, 6.45) is 1.64. The molecule has 0 radical (unpaired) electrons. The van der Waals surface area contributed by atoms with Gasteiger partial charge in [-0.15, -0.1) is 0 Å². The third-order valence-electron chi connectivity index (χ3n) is 4.61. The van der Waals surface area contributed by atoms with Crippen LogP contribution in [0, 0.1) is 0 Å². The van der Waals surface area contributed by atoms with Crippen LogP contribution in [0.1, 0.15) is 21.5 Å². The number of carbonyl (C=O) groups excluding carboxylic acids is 3. The quantitative estimate of drug-likeness (QED) is 0.213. The van der Waals surface area contributed by atoms with Gasteiger partial charge in [0.1, 0.15) is 5.75 Å². The van der Waals surface area contributed by atoms with Crippen LogP contribution >= 0.6 is 39.3 Å². The van der Waals surface area contributed by atoms with Crippen LogP contribution in [0.15, 0.2) is 82.2 Å². The fraction of sp³-hybridized carbons (Fsp3) is 0.0417. The van der Waals surface area contributed by atoms with E-state index in [0.29, 0.717) is 32.4 Å². The molecule has 4 rings (SSSR count). The van der Waals surface area contributed by atoms with E-state index < -0.39 is 5.97 Å². The number of esters is 1. The van der Waals surface area contributed by atoms with Crippen molar-refractivity contribution in [2.45, 2.75) is 6.54 Å². The number of imide groups is 1. The van der Waals surface area contributed by atoms with Gasteiger partial charge in [0.05, 0.1) is 17.0 Å². The highest BCUT2D eigenvalue weighted by atomic mass is 79.9. The number of thioether (sulfide) groups is 1. The zero-order valence-corrected chi connectivity index (χ0v) is 19.6. The number of hydrogen-bond acceptors (Lipinski definition) is 5. The van der Waals surface area contributed by atoms with Crippen LogP contribution in [0.5, 0.6) is 5.75 Å². The van der Waals surface area contributed by atoms with Gasteiger partial charge >= 0.3 is 5.97 Å². The molecule has 0 aromatic heterocycles. The molecule has 0 aliphatic carbocycles. The Hall–Kier alpha value is -2.87. The molecule has 3 aromatic rings. The molecule has 0 spiro atoms. The van der Waals surface area contributed by atoms with Crippen LogP contribution < -0.4 is 4.74 Å². The summed E-state index contributed by atoms with van der Waals surface area (Å²) in [5.74, 6) is -0.469. The molecule has 32 heavy (non-hydrogen) atoms. The standard InChI is InChI=1S/C24H15BrClNO4S/c25-18-6-3-5-16(13-18)23(29)31-19-10-8-15(9-11-19)12-21-22(28)27(24(30)32-21)14-17-4-1-2-7-20(17)26/h1-13H,14H2/b21-12-. The van der Waals surface area contributed by atoms with E-state index in [-0.39, 0.29) is 17.7 Å². The Morgan fingerprint density at radius 1 is 1.03 bits per heavy atom. The Morgan fingerprint density at radius 3 is 2.50 bits per heavy atom. The molecule has 0 N–H and O–H groups in total. The van der Waals surface area contributed by atoms with Gasteiger partial charge in [-0.05, 0) is 65.4 Å². The lowest BCUT2D eigenvalue weighted by molar-refractivity contribution is -0.123. The van der Waals surface area contributed by atoms with Gasteiger partial charge in [-0.1, -0.05) is 63.9 Å². The van der Waals surface area contributed by atoms with E-state index in [1.54, 1.807) is 72.8 Å². The molecule has 8 heteroatoms. The van der Waals surface area contributed by atoms with Crippen molar-refractivity contribution in [3.05, 3.63) is 104 Å². The largest absolute Gasteiger partial charge is 0.423 e. The molecule has 1 fully saturated rings. The maximum absolute atomic E-state index is 12.7. The number of hydrogen-bond donors (Lipinski definition) is 0. The number of amides is 2. The number of rotatable bonds is 5. The van der Waals surface area contributed by atoms with Gasteiger partial charge in [0.25, 0.3) is 11.1 Å². The fourth-order valence-corrected chi connectivity index (χ4v) is 4.43. The first-order chi connectivity index (χ1) is 15.4. The second-order valence-corrected chi connectivity index (χ2v) is 9.14. The zero-order valence-electron chi connectivity index (χ0n) is 16.5. The van der Waals surface area contributed by atoms with Gasteiger partial charge in [0, 0.05) is 9.50 Å². The lowest BCUT2D eigenvalue weighted by atomic mass is 10.2. The van der Waals surface area contributed by atoms with Crippen molar-refractivity contribution >= 4 is 62.5 Å². The first kappa shape index (κ1) is 22.3. The maximum Gasteiger partial charge on any atom is 0.343 e. The van der Waals surface area contributed by atoms with E-state index in [1.807, 2.05) is 6.07 Å². The SMILES string of the molecule is O=C(Oc1ccc(/C=C2\SC(=O)N(Cc3ccccc3Cl)C2=O)cc1)c1cccc(Br)c1. The zero-order chi connectivity index (χ0) is 22.7. The summed E-state index contributed by atoms with van der Waals surface area (Å²) in [5.41, 5.74) is 1.83. The average Bonchev–Trinajstić information content (AvgIpc) is 3.04. The van der Waals surface area contributed by atoms with Crippen molar-refractivity contribution in [3.8, 4) is 5.75 Å². The monoisotopic (exact) mass is 527 g/mol. The highest BCUT2D eigenvalue weighted by Gasteiger charge is 2.35. The van der Waals surface area contributed by atoms with Gasteiger partial charge in [-0.2, -0.15) is 0 Å². The minimum atomic E-state index is -0.472. The van der Waals surface area contributed by atoms with Crippen molar-refractivity contribution in [1.82, 2.24) is 4.90 Å². The van der Waals surface area contributed by atoms with Crippen molar-refractivity contribution < 1.29 is 19.1 Å². The predicted molar refractivity (Wildman–Crippen MR) is 129 cm³/mol. The molecule has 1 saturated heterocycles. The summed E-state index contributed by atoms with van der Waals surface area (Å²) in [5, 5.41) is 0.157. The fourth-order valence-electron chi connectivity index (χ4n) is 3.00. The number of ether oxygens (including phenoxy) is 1. The molecular weight excluding hydrogens is 514 g/mol. The van der Waals surface area contributed by atoms with Crippen molar-refractivity contribution in [1.29, 1.82) is 0 Å². The van der Waals surface area contributed by atoms with Crippen molar-refractivity contribution in [2.24, 2.45) is 0 Å². The Kier molecular flexibility index (Phi) is 6.79. The lowest BCUT2D eigenvalue weighted by Crippen LogP contribution is -2.27. The Balaban J connectivity index is 1.45. The van der Waals surface area contributed by atoms with E-state index in [1.165, 1.54) is 4.90 Å². The van der Waals surface area contributed by atoms with Gasteiger partial charge in [-0.3, -0.25) is 14.5 Å². The summed E-state index contributed by atoms with van der Waals surface area (Å²) in [7, 11) is 0. The molecule has 1 aliphatic heterocycles. The number of carbonyl (C=O) groups is 3. The smallest absolute Gasteiger partial charge is 0.343 e. The third kappa shape index (κ3) is 5.12. The molecule has 0 bridgehead atoms. The van der Waals surface area contributed by atoms with E-state index >= 15 is 0 Å². The van der Waals surface area contributed by atoms with Crippen molar-refractivity contribution in [3.63, 3.8) is 0 Å². The minimum Gasteiger partial charge on any atom is -0.423 e. The summed E-state index contributed by atoms with van der Waals surface area (Å²) < 4.78 is 6.17. The summed E-state index contributed by atoms with van der Waals surface area (Å²) >= 11 is 10.4. The second kappa shape index (κ2) is 9.73. The topological polar surface area (TPSA) is 63.7 Å². The molecule has 160 valence electrons. The van der Waals surface area contributed by atoms with Crippen LogP contribution in [0.25, 0.3) is 6.08 Å². The summed E-state index contributed by atoms with van der Waals surface area (Å²) in [6, 6.07) is 20.7. The molecule has 3 aromatic carbocycles. The summed E-state index contributed by atoms with van der Waals surface area (Å²) in [6.45, 7) is 0.117. The van der Waals surface area contributed by atoms with Crippen molar-refractivity contribution in [2.75, 3.05) is 0 Å². The molecule has 1 aliphatic rings. The van der Waals surface area contributed by atoms with Crippen LogP contribution in [0.2, 0.25) is 5.02 Å². The number of nitrogens with zero attached hydrogens (tertiary/aromatic N) is 1. The van der Waals surface area contributed by atoms with E-state index in [0.717, 1.165) is 16.2 Å².